The molecule has 0 amide bonds. The van der Waals surface area contributed by atoms with E-state index in [2.05, 4.69) is 42.6 Å². The quantitative estimate of drug-likeness (QED) is 0.349. The molecular formula is C26H22Cl2N6O2. The van der Waals surface area contributed by atoms with Gasteiger partial charge in [0, 0.05) is 35.9 Å². The fraction of sp³-hybridized carbons (Fsp3) is 0.269. The predicted octanol–water partition coefficient (Wildman–Crippen LogP) is 5.22. The van der Waals surface area contributed by atoms with E-state index < -0.39 is 0 Å². The Morgan fingerprint density at radius 1 is 0.972 bits per heavy atom. The molecule has 0 bridgehead atoms. The highest BCUT2D eigenvalue weighted by Gasteiger charge is 2.30. The van der Waals surface area contributed by atoms with Crippen LogP contribution in [0.3, 0.4) is 0 Å². The Labute approximate surface area is 216 Å². The number of para-hydroxylation sites is 1. The molecule has 0 atom stereocenters. The number of ether oxygens (including phenoxy) is 2. The second-order valence-electron chi connectivity index (χ2n) is 9.05. The van der Waals surface area contributed by atoms with Gasteiger partial charge in [0.25, 0.3) is 0 Å². The Kier molecular flexibility index (Phi) is 5.36. The summed E-state index contributed by atoms with van der Waals surface area (Å²) in [5.74, 6) is 1.14. The minimum atomic E-state index is 0.185. The molecule has 8 nitrogen and oxygen atoms in total. The molecule has 0 radical (unpaired) electrons. The average Bonchev–Trinajstić information content (AvgIpc) is 3.46. The highest BCUT2D eigenvalue weighted by molar-refractivity contribution is 6.35. The summed E-state index contributed by atoms with van der Waals surface area (Å²) in [4.78, 5) is 19.5. The van der Waals surface area contributed by atoms with Gasteiger partial charge in [-0.15, -0.1) is 0 Å². The molecule has 7 rings (SSSR count). The van der Waals surface area contributed by atoms with E-state index in [4.69, 9.17) is 37.7 Å². The van der Waals surface area contributed by atoms with Crippen molar-refractivity contribution < 1.29 is 9.47 Å². The van der Waals surface area contributed by atoms with Crippen LogP contribution in [0.5, 0.6) is 0 Å². The number of fused-ring (bicyclic) bond motifs is 2. The SMILES string of the molecule is Clc1ncc(-c2cc(N3CCOCC3)cc3c2nc(C2COC2)n3-c2ccnc3c(Cl)cccc23)[nH]1. The van der Waals surface area contributed by atoms with E-state index in [0.29, 0.717) is 36.7 Å². The van der Waals surface area contributed by atoms with E-state index >= 15 is 0 Å². The van der Waals surface area contributed by atoms with Crippen molar-refractivity contribution in [2.45, 2.75) is 5.92 Å². The summed E-state index contributed by atoms with van der Waals surface area (Å²) in [6, 6.07) is 12.3. The number of nitrogens with one attached hydrogen (secondary N) is 1. The molecule has 0 unspecified atom stereocenters. The third-order valence-corrected chi connectivity index (χ3v) is 7.42. The molecule has 1 N–H and O–H groups in total. The molecule has 2 aliphatic rings. The summed E-state index contributed by atoms with van der Waals surface area (Å²) >= 11 is 12.7. The largest absolute Gasteiger partial charge is 0.380 e. The minimum Gasteiger partial charge on any atom is -0.380 e. The zero-order valence-electron chi connectivity index (χ0n) is 19.2. The molecule has 0 spiro atoms. The van der Waals surface area contributed by atoms with E-state index in [1.165, 1.54) is 0 Å². The van der Waals surface area contributed by atoms with Crippen LogP contribution in [-0.4, -0.2) is 64.0 Å². The summed E-state index contributed by atoms with van der Waals surface area (Å²) in [5.41, 5.74) is 6.49. The first-order chi connectivity index (χ1) is 17.7. The van der Waals surface area contributed by atoms with Gasteiger partial charge >= 0.3 is 0 Å². The van der Waals surface area contributed by atoms with Crippen LogP contribution in [0.2, 0.25) is 10.3 Å². The molecule has 5 heterocycles. The number of hydrogen-bond acceptors (Lipinski definition) is 6. The molecule has 10 heteroatoms. The molecule has 0 aliphatic carbocycles. The molecule has 2 aromatic carbocycles. The van der Waals surface area contributed by atoms with Gasteiger partial charge in [-0.25, -0.2) is 9.97 Å². The van der Waals surface area contributed by atoms with Crippen molar-refractivity contribution in [2.24, 2.45) is 0 Å². The second kappa shape index (κ2) is 8.74. The molecule has 36 heavy (non-hydrogen) atoms. The van der Waals surface area contributed by atoms with Crippen molar-refractivity contribution in [3.63, 3.8) is 0 Å². The lowest BCUT2D eigenvalue weighted by atomic mass is 10.1. The molecule has 182 valence electrons. The van der Waals surface area contributed by atoms with E-state index in [1.54, 1.807) is 12.4 Å². The number of benzene rings is 2. The molecule has 5 aromatic rings. The van der Waals surface area contributed by atoms with Gasteiger partial charge in [-0.1, -0.05) is 23.7 Å². The minimum absolute atomic E-state index is 0.185. The van der Waals surface area contributed by atoms with E-state index in [0.717, 1.165) is 63.5 Å². The smallest absolute Gasteiger partial charge is 0.200 e. The zero-order valence-corrected chi connectivity index (χ0v) is 20.8. The maximum atomic E-state index is 6.53. The van der Waals surface area contributed by atoms with Gasteiger partial charge < -0.3 is 19.4 Å². The number of aromatic amines is 1. The molecule has 3 aromatic heterocycles. The van der Waals surface area contributed by atoms with E-state index in [-0.39, 0.29) is 5.92 Å². The maximum absolute atomic E-state index is 6.53. The Morgan fingerprint density at radius 3 is 2.58 bits per heavy atom. The van der Waals surface area contributed by atoms with Crippen LogP contribution in [0, 0.1) is 0 Å². The van der Waals surface area contributed by atoms with Gasteiger partial charge in [-0.3, -0.25) is 9.55 Å². The molecular weight excluding hydrogens is 499 g/mol. The molecule has 2 fully saturated rings. The first kappa shape index (κ1) is 22.1. The van der Waals surface area contributed by atoms with Gasteiger partial charge in [0.1, 0.15) is 5.82 Å². The number of halogens is 2. The predicted molar refractivity (Wildman–Crippen MR) is 141 cm³/mol. The Morgan fingerprint density at radius 2 is 1.83 bits per heavy atom. The third kappa shape index (κ3) is 3.56. The van der Waals surface area contributed by atoms with E-state index in [9.17, 15) is 0 Å². The lowest BCUT2D eigenvalue weighted by Crippen LogP contribution is -2.36. The first-order valence-electron chi connectivity index (χ1n) is 11.9. The number of anilines is 1. The fourth-order valence-corrected chi connectivity index (χ4v) is 5.43. The standard InChI is InChI=1S/C26H22Cl2N6O2/c27-19-3-1-2-17-21(4-5-29-23(17)19)34-22-11-16(33-6-8-35-9-7-33)10-18(20-12-30-26(28)31-20)24(22)32-25(34)15-13-36-14-15/h1-5,10-12,15H,6-9,13-14H2,(H,30,31). The van der Waals surface area contributed by atoms with Crippen molar-refractivity contribution >= 4 is 50.8 Å². The van der Waals surface area contributed by atoms with Crippen LogP contribution in [0.4, 0.5) is 5.69 Å². The average molecular weight is 521 g/mol. The zero-order chi connectivity index (χ0) is 24.2. The number of imidazole rings is 2. The number of nitrogens with zero attached hydrogens (tertiary/aromatic N) is 5. The summed E-state index contributed by atoms with van der Waals surface area (Å²) in [6.07, 6.45) is 3.56. The summed E-state index contributed by atoms with van der Waals surface area (Å²) in [6.45, 7) is 4.30. The van der Waals surface area contributed by atoms with Crippen molar-refractivity contribution in [3.05, 3.63) is 64.9 Å². The van der Waals surface area contributed by atoms with Crippen LogP contribution in [0.15, 0.2) is 48.8 Å². The number of pyridine rings is 1. The van der Waals surface area contributed by atoms with Crippen molar-refractivity contribution in [2.75, 3.05) is 44.4 Å². The van der Waals surface area contributed by atoms with Crippen LogP contribution < -0.4 is 4.90 Å². The highest BCUT2D eigenvalue weighted by atomic mass is 35.5. The summed E-state index contributed by atoms with van der Waals surface area (Å²) in [7, 11) is 0. The summed E-state index contributed by atoms with van der Waals surface area (Å²) in [5, 5.41) is 1.93. The van der Waals surface area contributed by atoms with Crippen LogP contribution in [0.1, 0.15) is 11.7 Å². The number of H-pyrrole nitrogens is 1. The third-order valence-electron chi connectivity index (χ3n) is 6.93. The second-order valence-corrected chi connectivity index (χ2v) is 9.82. The molecule has 0 saturated carbocycles. The number of rotatable bonds is 4. The fourth-order valence-electron chi connectivity index (χ4n) is 5.06. The molecule has 2 aliphatic heterocycles. The number of aromatic nitrogens is 5. The van der Waals surface area contributed by atoms with Crippen molar-refractivity contribution in [1.29, 1.82) is 0 Å². The highest BCUT2D eigenvalue weighted by Crippen LogP contribution is 2.39. The van der Waals surface area contributed by atoms with Gasteiger partial charge in [-0.05, 0) is 35.9 Å². The lowest BCUT2D eigenvalue weighted by molar-refractivity contribution is 0.00449. The lowest BCUT2D eigenvalue weighted by Gasteiger charge is -2.29. The van der Waals surface area contributed by atoms with Crippen molar-refractivity contribution in [1.82, 2.24) is 24.5 Å². The monoisotopic (exact) mass is 520 g/mol. The Hall–Kier alpha value is -3.17. The Bertz CT molecular complexity index is 1600. The van der Waals surface area contributed by atoms with Crippen molar-refractivity contribution in [3.8, 4) is 16.9 Å². The van der Waals surface area contributed by atoms with Gasteiger partial charge in [0.2, 0.25) is 0 Å². The van der Waals surface area contributed by atoms with Gasteiger partial charge in [0.05, 0.1) is 71.5 Å². The maximum Gasteiger partial charge on any atom is 0.200 e. The summed E-state index contributed by atoms with van der Waals surface area (Å²) < 4.78 is 13.4. The number of morpholine rings is 1. The van der Waals surface area contributed by atoms with Crippen LogP contribution in [0.25, 0.3) is 38.9 Å². The first-order valence-corrected chi connectivity index (χ1v) is 12.6. The van der Waals surface area contributed by atoms with Gasteiger partial charge in [0.15, 0.2) is 5.28 Å². The van der Waals surface area contributed by atoms with E-state index in [1.807, 2.05) is 18.2 Å². The normalized spacial score (nSPS) is 16.7. The van der Waals surface area contributed by atoms with Crippen LogP contribution in [-0.2, 0) is 9.47 Å². The van der Waals surface area contributed by atoms with Crippen LogP contribution >= 0.6 is 23.2 Å². The Balaban J connectivity index is 1.56. The van der Waals surface area contributed by atoms with Gasteiger partial charge in [-0.2, -0.15) is 0 Å². The number of hydrogen-bond donors (Lipinski definition) is 1. The molecule has 2 saturated heterocycles. The topological polar surface area (TPSA) is 81.1 Å².